The smallest absolute Gasteiger partial charge is 0.128 e. The maximum Gasteiger partial charge on any atom is 0.128 e. The topological polar surface area (TPSA) is 12.0 Å². The zero-order valence-corrected chi connectivity index (χ0v) is 13.2. The average Bonchev–Trinajstić information content (AvgIpc) is 2.87. The van der Waals surface area contributed by atoms with Gasteiger partial charge in [-0.15, -0.1) is 0 Å². The molecule has 1 aromatic heterocycles. The standard InChI is InChI=1S/C17H22FNS/c1-4-6-19-16(10-14-5-7-20-11-14)17-13(3)8-12(2)9-15(17)18/h5,7-9,11,16,19H,4,6,10H2,1-3H3. The first kappa shape index (κ1) is 15.2. The molecule has 2 rings (SSSR count). The van der Waals surface area contributed by atoms with Gasteiger partial charge >= 0.3 is 0 Å². The third-order valence-corrected chi connectivity index (χ3v) is 4.22. The van der Waals surface area contributed by atoms with Gasteiger partial charge in [0.25, 0.3) is 0 Å². The van der Waals surface area contributed by atoms with Gasteiger partial charge in [0.15, 0.2) is 0 Å². The van der Waals surface area contributed by atoms with E-state index in [2.05, 4.69) is 35.1 Å². The molecular weight excluding hydrogens is 269 g/mol. The summed E-state index contributed by atoms with van der Waals surface area (Å²) < 4.78 is 14.4. The van der Waals surface area contributed by atoms with E-state index in [0.717, 1.165) is 36.1 Å². The van der Waals surface area contributed by atoms with Crippen LogP contribution >= 0.6 is 11.3 Å². The zero-order chi connectivity index (χ0) is 14.5. The summed E-state index contributed by atoms with van der Waals surface area (Å²) in [5, 5.41) is 7.70. The van der Waals surface area contributed by atoms with Crippen molar-refractivity contribution < 1.29 is 4.39 Å². The molecular formula is C17H22FNS. The highest BCUT2D eigenvalue weighted by Gasteiger charge is 2.18. The number of hydrogen-bond acceptors (Lipinski definition) is 2. The lowest BCUT2D eigenvalue weighted by atomic mass is 9.94. The van der Waals surface area contributed by atoms with Crippen molar-refractivity contribution in [2.24, 2.45) is 0 Å². The van der Waals surface area contributed by atoms with Gasteiger partial charge in [-0.25, -0.2) is 4.39 Å². The molecule has 0 bridgehead atoms. The van der Waals surface area contributed by atoms with E-state index in [1.807, 2.05) is 13.8 Å². The summed E-state index contributed by atoms with van der Waals surface area (Å²) in [5.41, 5.74) is 4.10. The van der Waals surface area contributed by atoms with Crippen molar-refractivity contribution in [1.82, 2.24) is 5.32 Å². The van der Waals surface area contributed by atoms with Gasteiger partial charge in [-0.05, 0) is 72.8 Å². The van der Waals surface area contributed by atoms with E-state index in [1.54, 1.807) is 17.4 Å². The van der Waals surface area contributed by atoms with Crippen LogP contribution in [0.4, 0.5) is 4.39 Å². The van der Waals surface area contributed by atoms with Crippen molar-refractivity contribution in [3.05, 3.63) is 57.0 Å². The summed E-state index contributed by atoms with van der Waals surface area (Å²) in [6.45, 7) is 6.97. The Bertz CT molecular complexity index is 525. The second kappa shape index (κ2) is 7.00. The third kappa shape index (κ3) is 3.68. The highest BCUT2D eigenvalue weighted by atomic mass is 32.1. The Morgan fingerprint density at radius 3 is 2.70 bits per heavy atom. The molecule has 0 radical (unpaired) electrons. The number of rotatable bonds is 6. The fourth-order valence-electron chi connectivity index (χ4n) is 2.61. The van der Waals surface area contributed by atoms with E-state index in [-0.39, 0.29) is 11.9 Å². The van der Waals surface area contributed by atoms with Gasteiger partial charge in [-0.3, -0.25) is 0 Å². The lowest BCUT2D eigenvalue weighted by Crippen LogP contribution is -2.25. The molecule has 1 nitrogen and oxygen atoms in total. The van der Waals surface area contributed by atoms with Crippen molar-refractivity contribution >= 4 is 11.3 Å². The minimum Gasteiger partial charge on any atom is -0.310 e. The molecule has 20 heavy (non-hydrogen) atoms. The molecule has 1 unspecified atom stereocenters. The fraction of sp³-hybridized carbons (Fsp3) is 0.412. The first-order valence-electron chi connectivity index (χ1n) is 7.13. The number of aryl methyl sites for hydroxylation is 2. The fourth-order valence-corrected chi connectivity index (χ4v) is 3.29. The predicted octanol–water partition coefficient (Wildman–Crippen LogP) is 4.79. The van der Waals surface area contributed by atoms with Gasteiger partial charge in [0.2, 0.25) is 0 Å². The van der Waals surface area contributed by atoms with Gasteiger partial charge in [-0.2, -0.15) is 11.3 Å². The summed E-state index contributed by atoms with van der Waals surface area (Å²) >= 11 is 1.69. The Hall–Kier alpha value is -1.19. The van der Waals surface area contributed by atoms with Crippen molar-refractivity contribution in [2.75, 3.05) is 6.54 Å². The van der Waals surface area contributed by atoms with E-state index < -0.39 is 0 Å². The quantitative estimate of drug-likeness (QED) is 0.807. The number of thiophene rings is 1. The molecule has 1 heterocycles. The number of nitrogens with one attached hydrogen (secondary N) is 1. The molecule has 0 amide bonds. The van der Waals surface area contributed by atoms with Crippen molar-refractivity contribution in [3.8, 4) is 0 Å². The first-order chi connectivity index (χ1) is 9.61. The van der Waals surface area contributed by atoms with Gasteiger partial charge in [0, 0.05) is 11.6 Å². The van der Waals surface area contributed by atoms with Crippen LogP contribution in [0, 0.1) is 19.7 Å². The highest BCUT2D eigenvalue weighted by molar-refractivity contribution is 7.07. The average molecular weight is 291 g/mol. The van der Waals surface area contributed by atoms with Gasteiger partial charge < -0.3 is 5.32 Å². The normalized spacial score (nSPS) is 12.6. The van der Waals surface area contributed by atoms with Crippen molar-refractivity contribution in [3.63, 3.8) is 0 Å². The van der Waals surface area contributed by atoms with Gasteiger partial charge in [-0.1, -0.05) is 13.0 Å². The van der Waals surface area contributed by atoms with Crippen LogP contribution < -0.4 is 5.32 Å². The summed E-state index contributed by atoms with van der Waals surface area (Å²) in [7, 11) is 0. The van der Waals surface area contributed by atoms with E-state index in [9.17, 15) is 4.39 Å². The second-order valence-electron chi connectivity index (χ2n) is 5.32. The van der Waals surface area contributed by atoms with Crippen LogP contribution in [0.2, 0.25) is 0 Å². The molecule has 0 saturated heterocycles. The largest absolute Gasteiger partial charge is 0.310 e. The number of benzene rings is 1. The molecule has 0 saturated carbocycles. The zero-order valence-electron chi connectivity index (χ0n) is 12.4. The van der Waals surface area contributed by atoms with Gasteiger partial charge in [0.05, 0.1) is 0 Å². The second-order valence-corrected chi connectivity index (χ2v) is 6.10. The molecule has 1 N–H and O–H groups in total. The minimum absolute atomic E-state index is 0.0464. The lowest BCUT2D eigenvalue weighted by molar-refractivity contribution is 0.494. The summed E-state index contributed by atoms with van der Waals surface area (Å²) in [4.78, 5) is 0. The Morgan fingerprint density at radius 1 is 1.30 bits per heavy atom. The Morgan fingerprint density at radius 2 is 2.10 bits per heavy atom. The molecule has 0 aliphatic carbocycles. The first-order valence-corrected chi connectivity index (χ1v) is 8.07. The SMILES string of the molecule is CCCNC(Cc1ccsc1)c1c(C)cc(C)cc1F. The number of halogens is 1. The molecule has 1 aromatic carbocycles. The van der Waals surface area contributed by atoms with Crippen LogP contribution in [0.25, 0.3) is 0 Å². The van der Waals surface area contributed by atoms with E-state index >= 15 is 0 Å². The Balaban J connectivity index is 2.30. The summed E-state index contributed by atoms with van der Waals surface area (Å²) in [6, 6.07) is 5.86. The van der Waals surface area contributed by atoms with Crippen LogP contribution in [0.3, 0.4) is 0 Å². The predicted molar refractivity (Wildman–Crippen MR) is 84.9 cm³/mol. The Labute approximate surface area is 124 Å². The molecule has 0 aliphatic heterocycles. The Kier molecular flexibility index (Phi) is 5.32. The van der Waals surface area contributed by atoms with E-state index in [4.69, 9.17) is 0 Å². The third-order valence-electron chi connectivity index (χ3n) is 3.49. The number of hydrogen-bond donors (Lipinski definition) is 1. The monoisotopic (exact) mass is 291 g/mol. The van der Waals surface area contributed by atoms with Crippen LogP contribution in [-0.2, 0) is 6.42 Å². The van der Waals surface area contributed by atoms with Crippen molar-refractivity contribution in [2.45, 2.75) is 39.7 Å². The van der Waals surface area contributed by atoms with E-state index in [0.29, 0.717) is 0 Å². The molecule has 2 aromatic rings. The molecule has 3 heteroatoms. The molecule has 108 valence electrons. The summed E-state index contributed by atoms with van der Waals surface area (Å²) in [6.07, 6.45) is 1.89. The molecule has 0 spiro atoms. The van der Waals surface area contributed by atoms with Crippen LogP contribution in [0.15, 0.2) is 29.0 Å². The van der Waals surface area contributed by atoms with Crippen LogP contribution in [-0.4, -0.2) is 6.54 Å². The van der Waals surface area contributed by atoms with Crippen molar-refractivity contribution in [1.29, 1.82) is 0 Å². The molecule has 0 aliphatic rings. The van der Waals surface area contributed by atoms with Crippen LogP contribution in [0.5, 0.6) is 0 Å². The maximum atomic E-state index is 14.4. The van der Waals surface area contributed by atoms with E-state index in [1.165, 1.54) is 5.56 Å². The minimum atomic E-state index is -0.0914. The van der Waals surface area contributed by atoms with Gasteiger partial charge in [0.1, 0.15) is 5.82 Å². The molecule has 0 fully saturated rings. The molecule has 1 atom stereocenters. The lowest BCUT2D eigenvalue weighted by Gasteiger charge is -2.22. The highest BCUT2D eigenvalue weighted by Crippen LogP contribution is 2.26. The van der Waals surface area contributed by atoms with Crippen LogP contribution in [0.1, 0.15) is 41.6 Å². The summed E-state index contributed by atoms with van der Waals surface area (Å²) in [5.74, 6) is -0.0914. The maximum absolute atomic E-state index is 14.4.